The Bertz CT molecular complexity index is 775. The average Bonchev–Trinajstić information content (AvgIpc) is 2.51. The standard InChI is InChI=1S/C17H20FNO3S/c1-13-11-15(18)8-9-17(13)23(20,21)19-10-4-6-14-5-3-7-16(12-14)22-2/h3,5,7-9,11-12,19H,4,6,10H2,1-2H3. The lowest BCUT2D eigenvalue weighted by molar-refractivity contribution is 0.414. The van der Waals surface area contributed by atoms with Crippen LogP contribution >= 0.6 is 0 Å². The minimum absolute atomic E-state index is 0.111. The Labute approximate surface area is 136 Å². The second kappa shape index (κ2) is 7.57. The number of hydrogen-bond donors (Lipinski definition) is 1. The van der Waals surface area contributed by atoms with Crippen LogP contribution in [0.1, 0.15) is 17.5 Å². The summed E-state index contributed by atoms with van der Waals surface area (Å²) in [5.41, 5.74) is 1.48. The van der Waals surface area contributed by atoms with E-state index in [1.54, 1.807) is 14.0 Å². The lowest BCUT2D eigenvalue weighted by atomic mass is 10.1. The molecule has 0 radical (unpaired) electrons. The number of halogens is 1. The summed E-state index contributed by atoms with van der Waals surface area (Å²) in [6.45, 7) is 1.89. The lowest BCUT2D eigenvalue weighted by Crippen LogP contribution is -2.25. The summed E-state index contributed by atoms with van der Waals surface area (Å²) in [6, 6.07) is 11.3. The zero-order chi connectivity index (χ0) is 16.9. The first-order valence-corrected chi connectivity index (χ1v) is 8.79. The molecule has 0 heterocycles. The van der Waals surface area contributed by atoms with Crippen LogP contribution < -0.4 is 9.46 Å². The number of aryl methyl sites for hydroxylation is 2. The Morgan fingerprint density at radius 2 is 1.96 bits per heavy atom. The third-order valence-electron chi connectivity index (χ3n) is 3.49. The van der Waals surface area contributed by atoms with Crippen LogP contribution in [-0.4, -0.2) is 22.1 Å². The molecule has 0 spiro atoms. The maximum absolute atomic E-state index is 13.1. The Balaban J connectivity index is 1.92. The molecule has 0 atom stereocenters. The zero-order valence-corrected chi connectivity index (χ0v) is 14.0. The molecule has 0 bridgehead atoms. The molecule has 0 saturated heterocycles. The van der Waals surface area contributed by atoms with Crippen LogP contribution in [0.25, 0.3) is 0 Å². The summed E-state index contributed by atoms with van der Waals surface area (Å²) in [5.74, 6) is 0.337. The van der Waals surface area contributed by atoms with E-state index < -0.39 is 15.8 Å². The van der Waals surface area contributed by atoms with E-state index >= 15 is 0 Å². The van der Waals surface area contributed by atoms with Crippen LogP contribution in [0.2, 0.25) is 0 Å². The minimum Gasteiger partial charge on any atom is -0.497 e. The molecule has 0 aliphatic carbocycles. The highest BCUT2D eigenvalue weighted by atomic mass is 32.2. The number of hydrogen-bond acceptors (Lipinski definition) is 3. The summed E-state index contributed by atoms with van der Waals surface area (Å²) < 4.78 is 45.2. The molecule has 4 nitrogen and oxygen atoms in total. The monoisotopic (exact) mass is 337 g/mol. The van der Waals surface area contributed by atoms with Crippen LogP contribution in [0.3, 0.4) is 0 Å². The summed E-state index contributed by atoms with van der Waals surface area (Å²) in [5, 5.41) is 0. The molecule has 1 N–H and O–H groups in total. The topological polar surface area (TPSA) is 55.4 Å². The first kappa shape index (κ1) is 17.4. The number of ether oxygens (including phenoxy) is 1. The molecule has 0 aliphatic rings. The summed E-state index contributed by atoms with van der Waals surface area (Å²) in [6.07, 6.45) is 1.40. The lowest BCUT2D eigenvalue weighted by Gasteiger charge is -2.09. The van der Waals surface area contributed by atoms with E-state index in [1.165, 1.54) is 12.1 Å². The second-order valence-electron chi connectivity index (χ2n) is 5.26. The van der Waals surface area contributed by atoms with E-state index in [1.807, 2.05) is 24.3 Å². The number of rotatable bonds is 7. The van der Waals surface area contributed by atoms with Crippen LogP contribution in [0.4, 0.5) is 4.39 Å². The van der Waals surface area contributed by atoms with Crippen molar-refractivity contribution < 1.29 is 17.5 Å². The molecule has 0 saturated carbocycles. The van der Waals surface area contributed by atoms with E-state index in [2.05, 4.69) is 4.72 Å². The summed E-state index contributed by atoms with van der Waals surface area (Å²) >= 11 is 0. The van der Waals surface area contributed by atoms with Crippen molar-refractivity contribution >= 4 is 10.0 Å². The molecule has 124 valence electrons. The van der Waals surface area contributed by atoms with Crippen molar-refractivity contribution in [1.29, 1.82) is 0 Å². The predicted molar refractivity (Wildman–Crippen MR) is 87.6 cm³/mol. The van der Waals surface area contributed by atoms with Gasteiger partial charge >= 0.3 is 0 Å². The fourth-order valence-corrected chi connectivity index (χ4v) is 3.62. The maximum Gasteiger partial charge on any atom is 0.240 e. The van der Waals surface area contributed by atoms with Gasteiger partial charge in [0.25, 0.3) is 0 Å². The molecular weight excluding hydrogens is 317 g/mol. The van der Waals surface area contributed by atoms with Crippen molar-refractivity contribution in [2.45, 2.75) is 24.7 Å². The van der Waals surface area contributed by atoms with Crippen LogP contribution in [0.5, 0.6) is 5.75 Å². The second-order valence-corrected chi connectivity index (χ2v) is 7.00. The van der Waals surface area contributed by atoms with Gasteiger partial charge in [-0.15, -0.1) is 0 Å². The van der Waals surface area contributed by atoms with E-state index in [4.69, 9.17) is 4.74 Å². The highest BCUT2D eigenvalue weighted by molar-refractivity contribution is 7.89. The van der Waals surface area contributed by atoms with Crippen LogP contribution in [0, 0.1) is 12.7 Å². The van der Waals surface area contributed by atoms with E-state index in [9.17, 15) is 12.8 Å². The molecule has 0 aliphatic heterocycles. The first-order chi connectivity index (χ1) is 10.9. The average molecular weight is 337 g/mol. The van der Waals surface area contributed by atoms with Crippen molar-refractivity contribution in [2.24, 2.45) is 0 Å². The molecule has 0 fully saturated rings. The van der Waals surface area contributed by atoms with Crippen LogP contribution in [-0.2, 0) is 16.4 Å². The van der Waals surface area contributed by atoms with Gasteiger partial charge < -0.3 is 4.74 Å². The highest BCUT2D eigenvalue weighted by Crippen LogP contribution is 2.16. The van der Waals surface area contributed by atoms with Crippen molar-refractivity contribution in [2.75, 3.05) is 13.7 Å². The van der Waals surface area contributed by atoms with Gasteiger partial charge in [0.05, 0.1) is 12.0 Å². The highest BCUT2D eigenvalue weighted by Gasteiger charge is 2.16. The van der Waals surface area contributed by atoms with E-state index in [0.29, 0.717) is 18.5 Å². The molecule has 6 heteroatoms. The van der Waals surface area contributed by atoms with Gasteiger partial charge in [-0.1, -0.05) is 12.1 Å². The third kappa shape index (κ3) is 4.77. The number of methoxy groups -OCH3 is 1. The molecule has 2 aromatic carbocycles. The Hall–Kier alpha value is -1.92. The van der Waals surface area contributed by atoms with Gasteiger partial charge in [0.2, 0.25) is 10.0 Å². The SMILES string of the molecule is COc1cccc(CCCNS(=O)(=O)c2ccc(F)cc2C)c1. The van der Waals surface area contributed by atoms with E-state index in [-0.39, 0.29) is 4.90 Å². The number of nitrogens with one attached hydrogen (secondary N) is 1. The molecule has 23 heavy (non-hydrogen) atoms. The van der Waals surface area contributed by atoms with Crippen molar-refractivity contribution in [3.63, 3.8) is 0 Å². The normalized spacial score (nSPS) is 11.4. The van der Waals surface area contributed by atoms with Gasteiger partial charge in [-0.25, -0.2) is 17.5 Å². The summed E-state index contributed by atoms with van der Waals surface area (Å²) in [4.78, 5) is 0.111. The Morgan fingerprint density at radius 1 is 1.17 bits per heavy atom. The van der Waals surface area contributed by atoms with Gasteiger partial charge in [-0.05, 0) is 61.2 Å². The minimum atomic E-state index is -3.62. The fourth-order valence-electron chi connectivity index (χ4n) is 2.32. The number of sulfonamides is 1. The molecule has 0 aromatic heterocycles. The van der Waals surface area contributed by atoms with Gasteiger partial charge in [-0.2, -0.15) is 0 Å². The van der Waals surface area contributed by atoms with Gasteiger partial charge in [-0.3, -0.25) is 0 Å². The number of benzene rings is 2. The molecule has 0 amide bonds. The predicted octanol–water partition coefficient (Wildman–Crippen LogP) is 3.05. The Morgan fingerprint density at radius 3 is 2.65 bits per heavy atom. The van der Waals surface area contributed by atoms with Gasteiger partial charge in [0.15, 0.2) is 0 Å². The molecule has 2 rings (SSSR count). The van der Waals surface area contributed by atoms with Gasteiger partial charge in [0, 0.05) is 6.54 Å². The quantitative estimate of drug-likeness (QED) is 0.790. The molecule has 2 aromatic rings. The fraction of sp³-hybridized carbons (Fsp3) is 0.294. The largest absolute Gasteiger partial charge is 0.497 e. The van der Waals surface area contributed by atoms with Crippen LogP contribution in [0.15, 0.2) is 47.4 Å². The first-order valence-electron chi connectivity index (χ1n) is 7.31. The smallest absolute Gasteiger partial charge is 0.240 e. The molecule has 0 unspecified atom stereocenters. The van der Waals surface area contributed by atoms with Gasteiger partial charge in [0.1, 0.15) is 11.6 Å². The molecular formula is C17H20FNO3S. The Kier molecular flexibility index (Phi) is 5.74. The third-order valence-corrected chi connectivity index (χ3v) is 5.12. The van der Waals surface area contributed by atoms with Crippen molar-refractivity contribution in [1.82, 2.24) is 4.72 Å². The summed E-state index contributed by atoms with van der Waals surface area (Å²) in [7, 11) is -2.01. The van der Waals surface area contributed by atoms with E-state index in [0.717, 1.165) is 23.8 Å². The van der Waals surface area contributed by atoms with Crippen molar-refractivity contribution in [3.8, 4) is 5.75 Å². The maximum atomic E-state index is 13.1. The zero-order valence-electron chi connectivity index (χ0n) is 13.2. The van der Waals surface area contributed by atoms with Crippen molar-refractivity contribution in [3.05, 3.63) is 59.4 Å².